The van der Waals surface area contributed by atoms with E-state index in [0.29, 0.717) is 12.1 Å². The Balaban J connectivity index is 2.49. The van der Waals surface area contributed by atoms with E-state index in [9.17, 15) is 36.3 Å². The van der Waals surface area contributed by atoms with Crippen LogP contribution in [0.25, 0.3) is 0 Å². The summed E-state index contributed by atoms with van der Waals surface area (Å²) in [6.07, 6.45) is -4.63. The van der Waals surface area contributed by atoms with Gasteiger partial charge in [-0.3, -0.25) is 14.7 Å². The lowest BCUT2D eigenvalue weighted by Gasteiger charge is -2.14. The molecule has 164 valence electrons. The predicted molar refractivity (Wildman–Crippen MR) is 102 cm³/mol. The lowest BCUT2D eigenvalue weighted by molar-refractivity contribution is -0.387. The predicted octanol–water partition coefficient (Wildman–Crippen LogP) is 5.34. The van der Waals surface area contributed by atoms with Gasteiger partial charge in [0.2, 0.25) is 7.37 Å². The molecule has 0 bridgehead atoms. The van der Waals surface area contributed by atoms with Crippen LogP contribution in [0.2, 0.25) is 5.02 Å². The highest BCUT2D eigenvalue weighted by atomic mass is 35.5. The molecule has 0 heterocycles. The van der Waals surface area contributed by atoms with Crippen LogP contribution in [0.15, 0.2) is 41.3 Å². The summed E-state index contributed by atoms with van der Waals surface area (Å²) in [7, 11) is -7.01. The number of halogens is 4. The van der Waals surface area contributed by atoms with Gasteiger partial charge in [-0.15, -0.1) is 0 Å². The molecule has 0 fully saturated rings. The molecule has 8 nitrogen and oxygen atoms in total. The van der Waals surface area contributed by atoms with Crippen molar-refractivity contribution in [2.75, 3.05) is 19.3 Å². The maximum absolute atomic E-state index is 12.7. The summed E-state index contributed by atoms with van der Waals surface area (Å²) in [5, 5.41) is 10.8. The summed E-state index contributed by atoms with van der Waals surface area (Å²) in [5.41, 5.74) is -2.82. The fourth-order valence-electron chi connectivity index (χ4n) is 2.28. The van der Waals surface area contributed by atoms with Gasteiger partial charge in [0.05, 0.1) is 15.5 Å². The van der Waals surface area contributed by atoms with Crippen LogP contribution >= 0.6 is 19.0 Å². The number of alkyl halides is 3. The molecule has 2 aromatic rings. The highest BCUT2D eigenvalue weighted by molar-refractivity contribution is 7.98. The van der Waals surface area contributed by atoms with Crippen molar-refractivity contribution in [3.8, 4) is 11.5 Å². The molecular weight excluding hydrogens is 474 g/mol. The van der Waals surface area contributed by atoms with Crippen LogP contribution in [0, 0.1) is 10.1 Å². The summed E-state index contributed by atoms with van der Waals surface area (Å²) in [6, 6.07) is 4.94. The minimum Gasteiger partial charge on any atom is -0.456 e. The molecule has 0 saturated heterocycles. The summed E-state index contributed by atoms with van der Waals surface area (Å²) >= 11 is 5.80. The number of hydrogen-bond acceptors (Lipinski definition) is 7. The maximum atomic E-state index is 12.7. The van der Waals surface area contributed by atoms with Crippen molar-refractivity contribution in [3.63, 3.8) is 0 Å². The lowest BCUT2D eigenvalue weighted by Crippen LogP contribution is -2.10. The Morgan fingerprint density at radius 2 is 1.83 bits per heavy atom. The van der Waals surface area contributed by atoms with Crippen LogP contribution < -0.4 is 4.74 Å². The largest absolute Gasteiger partial charge is 0.456 e. The van der Waals surface area contributed by atoms with E-state index in [1.807, 2.05) is 0 Å². The van der Waals surface area contributed by atoms with Crippen molar-refractivity contribution in [2.45, 2.75) is 11.1 Å². The molecule has 0 aliphatic rings. The van der Waals surface area contributed by atoms with Gasteiger partial charge in [0.1, 0.15) is 21.9 Å². The molecule has 0 N–H and O–H groups in total. The first-order valence-corrected chi connectivity index (χ1v) is 12.1. The Kier molecular flexibility index (Phi) is 6.87. The van der Waals surface area contributed by atoms with Crippen LogP contribution in [-0.4, -0.2) is 32.6 Å². The molecule has 0 saturated carbocycles. The molecule has 0 aliphatic carbocycles. The number of nitro benzene ring substituents is 1. The van der Waals surface area contributed by atoms with E-state index in [0.717, 1.165) is 38.0 Å². The zero-order valence-electron chi connectivity index (χ0n) is 15.3. The average molecular weight is 488 g/mol. The van der Waals surface area contributed by atoms with E-state index in [1.165, 1.54) is 0 Å². The van der Waals surface area contributed by atoms with Gasteiger partial charge in [-0.1, -0.05) is 11.6 Å². The number of ether oxygens (including phenoxy) is 1. The van der Waals surface area contributed by atoms with Crippen LogP contribution in [0.4, 0.5) is 18.9 Å². The number of nitro groups is 1. The van der Waals surface area contributed by atoms with E-state index in [1.54, 1.807) is 0 Å². The van der Waals surface area contributed by atoms with E-state index in [4.69, 9.17) is 16.3 Å². The first-order valence-electron chi connectivity index (χ1n) is 7.84. The molecule has 0 amide bonds. The van der Waals surface area contributed by atoms with Crippen LogP contribution in [0.5, 0.6) is 11.5 Å². The van der Waals surface area contributed by atoms with Crippen LogP contribution in [-0.2, 0) is 25.1 Å². The van der Waals surface area contributed by atoms with E-state index < -0.39 is 55.0 Å². The number of benzene rings is 2. The van der Waals surface area contributed by atoms with Gasteiger partial charge in [0.25, 0.3) is 5.69 Å². The maximum Gasteiger partial charge on any atom is 0.416 e. The fraction of sp³-hybridized carbons (Fsp3) is 0.250. The molecule has 0 radical (unpaired) electrons. The monoisotopic (exact) mass is 487 g/mol. The third kappa shape index (κ3) is 5.72. The topological polar surface area (TPSA) is 113 Å². The fourth-order valence-corrected chi connectivity index (χ4v) is 6.70. The minimum absolute atomic E-state index is 0.236. The number of hydrogen-bond donors (Lipinski definition) is 0. The average Bonchev–Trinajstić information content (AvgIpc) is 2.61. The molecule has 1 unspecified atom stereocenters. The Labute approximate surface area is 174 Å². The van der Waals surface area contributed by atoms with E-state index >= 15 is 0 Å². The van der Waals surface area contributed by atoms with E-state index in [-0.39, 0.29) is 11.5 Å². The lowest BCUT2D eigenvalue weighted by atomic mass is 10.2. The molecular formula is C16H14ClF3NO7PS. The third-order valence-corrected chi connectivity index (χ3v) is 9.04. The highest BCUT2D eigenvalue weighted by Gasteiger charge is 2.33. The minimum atomic E-state index is -4.63. The van der Waals surface area contributed by atoms with Crippen LogP contribution in [0.3, 0.4) is 0 Å². The van der Waals surface area contributed by atoms with Gasteiger partial charge in [0, 0.05) is 25.9 Å². The third-order valence-electron chi connectivity index (χ3n) is 3.74. The summed E-state index contributed by atoms with van der Waals surface area (Å²) in [5.74, 6) is -0.482. The van der Waals surface area contributed by atoms with Gasteiger partial charge in [-0.05, 0) is 24.3 Å². The van der Waals surface area contributed by atoms with Crippen molar-refractivity contribution in [2.24, 2.45) is 0 Å². The highest BCUT2D eigenvalue weighted by Crippen LogP contribution is 2.46. The van der Waals surface area contributed by atoms with Gasteiger partial charge >= 0.3 is 6.18 Å². The van der Waals surface area contributed by atoms with Crippen molar-refractivity contribution in [1.29, 1.82) is 0 Å². The zero-order chi connectivity index (χ0) is 22.9. The van der Waals surface area contributed by atoms with E-state index in [2.05, 4.69) is 4.52 Å². The molecule has 30 heavy (non-hydrogen) atoms. The summed E-state index contributed by atoms with van der Waals surface area (Å²) in [6.45, 7) is 1.05. The Morgan fingerprint density at radius 3 is 2.33 bits per heavy atom. The number of sulfone groups is 1. The second kappa shape index (κ2) is 8.54. The van der Waals surface area contributed by atoms with Crippen LogP contribution in [0.1, 0.15) is 5.56 Å². The van der Waals surface area contributed by atoms with Crippen molar-refractivity contribution in [1.82, 2.24) is 0 Å². The molecule has 0 aromatic heterocycles. The van der Waals surface area contributed by atoms with Gasteiger partial charge in [-0.2, -0.15) is 13.2 Å². The van der Waals surface area contributed by atoms with Crippen molar-refractivity contribution >= 4 is 34.5 Å². The molecule has 0 aliphatic heterocycles. The van der Waals surface area contributed by atoms with Gasteiger partial charge in [0.15, 0.2) is 9.84 Å². The molecule has 1 atom stereocenters. The zero-order valence-corrected chi connectivity index (χ0v) is 17.8. The molecule has 14 heteroatoms. The quantitative estimate of drug-likeness (QED) is 0.294. The first-order chi connectivity index (χ1) is 13.7. The van der Waals surface area contributed by atoms with Gasteiger partial charge in [-0.25, -0.2) is 8.42 Å². The SMILES string of the molecule is COP(C)(=O)CS(=O)(=O)c1cc(Oc2ccc(C(F)(F)F)cc2Cl)ccc1[N+](=O)[O-]. The smallest absolute Gasteiger partial charge is 0.416 e. The molecule has 2 rings (SSSR count). The Hall–Kier alpha value is -2.14. The van der Waals surface area contributed by atoms with Crippen molar-refractivity contribution < 1.29 is 40.3 Å². The number of nitrogens with zero attached hydrogens (tertiary/aromatic N) is 1. The normalized spacial score (nSPS) is 14.2. The number of rotatable bonds is 7. The second-order valence-corrected chi connectivity index (χ2v) is 11.6. The van der Waals surface area contributed by atoms with Crippen molar-refractivity contribution in [3.05, 3.63) is 57.1 Å². The van der Waals surface area contributed by atoms with Gasteiger partial charge < -0.3 is 9.26 Å². The summed E-state index contributed by atoms with van der Waals surface area (Å²) < 4.78 is 85.4. The standard InChI is InChI=1S/C16H14ClF3NO7PS/c1-27-29(2,24)9-30(25,26)15-8-11(4-5-13(15)21(22)23)28-14-6-3-10(7-12(14)17)16(18,19)20/h3-8H,9H2,1-2H3. The summed E-state index contributed by atoms with van der Waals surface area (Å²) in [4.78, 5) is 9.50. The Morgan fingerprint density at radius 1 is 1.20 bits per heavy atom. The second-order valence-electron chi connectivity index (χ2n) is 6.07. The molecule has 0 spiro atoms. The molecule has 2 aromatic carbocycles. The first kappa shape index (κ1) is 24.1. The Bertz CT molecular complexity index is 1140.